The highest BCUT2D eigenvalue weighted by molar-refractivity contribution is 5.74. The number of nitrogens with zero attached hydrogens (tertiary/aromatic N) is 3. The van der Waals surface area contributed by atoms with E-state index in [1.165, 1.54) is 0 Å². The molecule has 0 unspecified atom stereocenters. The highest BCUT2D eigenvalue weighted by atomic mass is 16.3. The fourth-order valence-electron chi connectivity index (χ4n) is 3.29. The van der Waals surface area contributed by atoms with Gasteiger partial charge in [0.15, 0.2) is 0 Å². The molecule has 2 N–H and O–H groups in total. The maximum absolute atomic E-state index is 10.5. The highest BCUT2D eigenvalue weighted by Gasteiger charge is 2.27. The number of aromatic nitrogens is 2. The Kier molecular flexibility index (Phi) is 4.99. The van der Waals surface area contributed by atoms with Gasteiger partial charge in [0.2, 0.25) is 0 Å². The molecule has 1 aromatic carbocycles. The molecule has 23 heavy (non-hydrogen) atoms. The van der Waals surface area contributed by atoms with Crippen molar-refractivity contribution < 1.29 is 5.11 Å². The minimum absolute atomic E-state index is 0.527. The summed E-state index contributed by atoms with van der Waals surface area (Å²) in [7, 11) is 0. The maximum atomic E-state index is 10.5. The minimum atomic E-state index is -0.527. The van der Waals surface area contributed by atoms with Crippen molar-refractivity contribution in [2.75, 3.05) is 32.7 Å². The van der Waals surface area contributed by atoms with Gasteiger partial charge in [-0.1, -0.05) is 26.0 Å². The number of hydrogen-bond acceptors (Lipinski definition) is 4. The molecule has 0 spiro atoms. The summed E-state index contributed by atoms with van der Waals surface area (Å²) in [5.41, 5.74) is 1.62. The summed E-state index contributed by atoms with van der Waals surface area (Å²) >= 11 is 0. The van der Waals surface area contributed by atoms with E-state index >= 15 is 0 Å². The lowest BCUT2D eigenvalue weighted by atomic mass is 9.96. The molecule has 3 rings (SSSR count). The van der Waals surface area contributed by atoms with Crippen LogP contribution >= 0.6 is 0 Å². The predicted molar refractivity (Wildman–Crippen MR) is 93.3 cm³/mol. The quantitative estimate of drug-likeness (QED) is 0.858. The number of benzene rings is 1. The number of β-amino-alcohol motifs (C(OH)–C–C–N with tert-alkyl or cyclic N) is 1. The van der Waals surface area contributed by atoms with Gasteiger partial charge in [-0.05, 0) is 25.0 Å². The van der Waals surface area contributed by atoms with Crippen LogP contribution in [-0.2, 0) is 6.54 Å². The Hall–Kier alpha value is -1.43. The lowest BCUT2D eigenvalue weighted by Crippen LogP contribution is -2.51. The number of hydrogen-bond donors (Lipinski definition) is 2. The van der Waals surface area contributed by atoms with E-state index in [0.29, 0.717) is 0 Å². The average Bonchev–Trinajstić information content (AvgIpc) is 2.99. The van der Waals surface area contributed by atoms with Gasteiger partial charge in [-0.2, -0.15) is 0 Å². The highest BCUT2D eigenvalue weighted by Crippen LogP contribution is 2.18. The molecule has 0 saturated carbocycles. The van der Waals surface area contributed by atoms with E-state index in [1.54, 1.807) is 0 Å². The fourth-order valence-corrected chi connectivity index (χ4v) is 3.29. The normalized spacial score (nSPS) is 17.9. The van der Waals surface area contributed by atoms with Crippen LogP contribution in [0.4, 0.5) is 0 Å². The summed E-state index contributed by atoms with van der Waals surface area (Å²) in [5.74, 6) is 1.04. The lowest BCUT2D eigenvalue weighted by Gasteiger charge is -2.38. The molecule has 0 amide bonds. The number of rotatable bonds is 6. The zero-order valence-electron chi connectivity index (χ0n) is 14.3. The Labute approximate surface area is 138 Å². The fraction of sp³-hybridized carbons (Fsp3) is 0.611. The Morgan fingerprint density at radius 3 is 2.39 bits per heavy atom. The van der Waals surface area contributed by atoms with Crippen LogP contribution in [-0.4, -0.2) is 63.2 Å². The van der Waals surface area contributed by atoms with E-state index < -0.39 is 5.60 Å². The number of piperazine rings is 1. The molecule has 5 nitrogen and oxygen atoms in total. The van der Waals surface area contributed by atoms with Crippen molar-refractivity contribution >= 4 is 11.0 Å². The average molecular weight is 316 g/mol. The summed E-state index contributed by atoms with van der Waals surface area (Å²) in [4.78, 5) is 12.9. The summed E-state index contributed by atoms with van der Waals surface area (Å²) in [6.07, 6.45) is 1.64. The van der Waals surface area contributed by atoms with Crippen molar-refractivity contribution in [1.29, 1.82) is 0 Å². The van der Waals surface area contributed by atoms with E-state index in [2.05, 4.69) is 39.7 Å². The zero-order chi connectivity index (χ0) is 16.3. The smallest absolute Gasteiger partial charge is 0.121 e. The molecule has 1 aliphatic heterocycles. The Balaban J connectivity index is 1.53. The standard InChI is InChI=1S/C18H28N4O/c1-3-18(23,4-2)14-22-11-9-21(10-12-22)13-17-19-15-7-5-6-8-16(15)20-17/h5-8,23H,3-4,9-14H2,1-2H3,(H,19,20). The molecule has 126 valence electrons. The Morgan fingerprint density at radius 2 is 1.74 bits per heavy atom. The van der Waals surface area contributed by atoms with Crippen LogP contribution in [0, 0.1) is 0 Å². The first-order valence-electron chi connectivity index (χ1n) is 8.72. The monoisotopic (exact) mass is 316 g/mol. The Morgan fingerprint density at radius 1 is 1.09 bits per heavy atom. The molecule has 0 radical (unpaired) electrons. The molecular weight excluding hydrogens is 288 g/mol. The van der Waals surface area contributed by atoms with Crippen LogP contribution < -0.4 is 0 Å². The van der Waals surface area contributed by atoms with Gasteiger partial charge >= 0.3 is 0 Å². The molecule has 0 bridgehead atoms. The minimum Gasteiger partial charge on any atom is -0.389 e. The van der Waals surface area contributed by atoms with Crippen LogP contribution in [0.1, 0.15) is 32.5 Å². The van der Waals surface area contributed by atoms with Gasteiger partial charge in [-0.25, -0.2) is 4.98 Å². The molecular formula is C18H28N4O. The summed E-state index contributed by atoms with van der Waals surface area (Å²) in [5, 5.41) is 10.5. The molecule has 1 aromatic heterocycles. The van der Waals surface area contributed by atoms with Gasteiger partial charge in [0, 0.05) is 32.7 Å². The van der Waals surface area contributed by atoms with Gasteiger partial charge in [0.25, 0.3) is 0 Å². The van der Waals surface area contributed by atoms with E-state index in [4.69, 9.17) is 0 Å². The van der Waals surface area contributed by atoms with Crippen LogP contribution in [0.3, 0.4) is 0 Å². The van der Waals surface area contributed by atoms with Gasteiger partial charge in [0.1, 0.15) is 5.82 Å². The van der Waals surface area contributed by atoms with E-state index in [1.807, 2.05) is 18.2 Å². The number of para-hydroxylation sites is 2. The number of fused-ring (bicyclic) bond motifs is 1. The summed E-state index contributed by atoms with van der Waals surface area (Å²) in [6, 6.07) is 8.17. The first-order valence-corrected chi connectivity index (χ1v) is 8.72. The predicted octanol–water partition coefficient (Wildman–Crippen LogP) is 2.23. The van der Waals surface area contributed by atoms with Crippen LogP contribution in [0.25, 0.3) is 11.0 Å². The topological polar surface area (TPSA) is 55.4 Å². The van der Waals surface area contributed by atoms with Crippen molar-refractivity contribution in [3.05, 3.63) is 30.1 Å². The van der Waals surface area contributed by atoms with E-state index in [0.717, 1.165) is 69.0 Å². The SMILES string of the molecule is CCC(O)(CC)CN1CCN(Cc2nc3ccccc3[nH]2)CC1. The number of aromatic amines is 1. The molecule has 1 aliphatic rings. The van der Waals surface area contributed by atoms with Crippen LogP contribution in [0.5, 0.6) is 0 Å². The Bertz CT molecular complexity index is 594. The van der Waals surface area contributed by atoms with Crippen LogP contribution in [0.2, 0.25) is 0 Å². The van der Waals surface area contributed by atoms with Gasteiger partial charge in [-0.3, -0.25) is 9.80 Å². The van der Waals surface area contributed by atoms with Crippen LogP contribution in [0.15, 0.2) is 24.3 Å². The third kappa shape index (κ3) is 3.91. The molecule has 5 heteroatoms. The number of aliphatic hydroxyl groups is 1. The van der Waals surface area contributed by atoms with Gasteiger partial charge < -0.3 is 10.1 Å². The lowest BCUT2D eigenvalue weighted by molar-refractivity contribution is -0.0163. The first kappa shape index (κ1) is 16.4. The van der Waals surface area contributed by atoms with Crippen molar-refractivity contribution in [3.8, 4) is 0 Å². The molecule has 2 aromatic rings. The van der Waals surface area contributed by atoms with Crippen molar-refractivity contribution in [1.82, 2.24) is 19.8 Å². The number of nitrogens with one attached hydrogen (secondary N) is 1. The van der Waals surface area contributed by atoms with Gasteiger partial charge in [0.05, 0.1) is 23.2 Å². The largest absolute Gasteiger partial charge is 0.389 e. The van der Waals surface area contributed by atoms with E-state index in [-0.39, 0.29) is 0 Å². The second kappa shape index (κ2) is 6.99. The third-order valence-corrected chi connectivity index (χ3v) is 5.11. The molecule has 1 fully saturated rings. The molecule has 1 saturated heterocycles. The summed E-state index contributed by atoms with van der Waals surface area (Å²) in [6.45, 7) is 9.89. The second-order valence-corrected chi connectivity index (χ2v) is 6.68. The number of H-pyrrole nitrogens is 1. The zero-order valence-corrected chi connectivity index (χ0v) is 14.3. The van der Waals surface area contributed by atoms with E-state index in [9.17, 15) is 5.11 Å². The first-order chi connectivity index (χ1) is 11.1. The maximum Gasteiger partial charge on any atom is 0.121 e. The molecule has 2 heterocycles. The molecule has 0 aliphatic carbocycles. The summed E-state index contributed by atoms with van der Waals surface area (Å²) < 4.78 is 0. The van der Waals surface area contributed by atoms with Crippen molar-refractivity contribution in [2.45, 2.75) is 38.8 Å². The second-order valence-electron chi connectivity index (χ2n) is 6.68. The third-order valence-electron chi connectivity index (χ3n) is 5.11. The van der Waals surface area contributed by atoms with Crippen molar-refractivity contribution in [2.24, 2.45) is 0 Å². The van der Waals surface area contributed by atoms with Crippen molar-refractivity contribution in [3.63, 3.8) is 0 Å². The molecule has 0 atom stereocenters. The van der Waals surface area contributed by atoms with Gasteiger partial charge in [-0.15, -0.1) is 0 Å². The number of imidazole rings is 1.